The Morgan fingerprint density at radius 3 is 2.18 bits per heavy atom. The Kier molecular flexibility index (Phi) is 6.87. The minimum atomic E-state index is 0.0164. The molecule has 0 aliphatic heterocycles. The maximum atomic E-state index is 6.15. The lowest BCUT2D eigenvalue weighted by atomic mass is 9.48. The highest BCUT2D eigenvalue weighted by atomic mass is 32.1. The van der Waals surface area contributed by atoms with Crippen molar-refractivity contribution in [3.05, 3.63) is 35.9 Å². The summed E-state index contributed by atoms with van der Waals surface area (Å²) in [7, 11) is 0. The molecule has 3 saturated carbocycles. The smallest absolute Gasteiger partial charge is 0.0787 e. The molecule has 4 rings (SSSR count). The summed E-state index contributed by atoms with van der Waals surface area (Å²) in [5.74, 6) is 2.30. The van der Waals surface area contributed by atoms with Gasteiger partial charge in [-0.25, -0.2) is 0 Å². The Hall–Kier alpha value is -0.930. The average Bonchev–Trinajstić information content (AvgIpc) is 2.68. The van der Waals surface area contributed by atoms with Crippen LogP contribution in [0, 0.1) is 23.2 Å². The zero-order valence-corrected chi connectivity index (χ0v) is 18.9. The molecule has 1 aromatic carbocycles. The molecule has 0 saturated heterocycles. The summed E-state index contributed by atoms with van der Waals surface area (Å²) < 4.78 is 0. The Morgan fingerprint density at radius 1 is 1.00 bits per heavy atom. The van der Waals surface area contributed by atoms with Crippen LogP contribution in [-0.4, -0.2) is 11.0 Å². The summed E-state index contributed by atoms with van der Waals surface area (Å²) in [6.07, 6.45) is 11.5. The van der Waals surface area contributed by atoms with Crippen molar-refractivity contribution in [1.29, 1.82) is 0 Å². The molecular weight excluding hydrogens is 360 g/mol. The number of hydrogen-bond donors (Lipinski definition) is 2. The van der Waals surface area contributed by atoms with Crippen LogP contribution >= 0.6 is 12.2 Å². The van der Waals surface area contributed by atoms with Gasteiger partial charge in [0.1, 0.15) is 0 Å². The predicted molar refractivity (Wildman–Crippen MR) is 124 cm³/mol. The van der Waals surface area contributed by atoms with Gasteiger partial charge >= 0.3 is 0 Å². The molecule has 2 bridgehead atoms. The number of nitrogens with two attached hydrogens (primary N) is 2. The summed E-state index contributed by atoms with van der Waals surface area (Å²) in [6, 6.07) is 11.6. The molecule has 3 heteroatoms. The lowest BCUT2D eigenvalue weighted by Crippen LogP contribution is -2.53. The van der Waals surface area contributed by atoms with Gasteiger partial charge in [0, 0.05) is 11.5 Å². The third kappa shape index (κ3) is 4.62. The van der Waals surface area contributed by atoms with Crippen molar-refractivity contribution >= 4 is 17.2 Å². The van der Waals surface area contributed by atoms with Gasteiger partial charge in [-0.1, -0.05) is 82.6 Å². The van der Waals surface area contributed by atoms with E-state index in [1.807, 2.05) is 0 Å². The number of thiocarbonyl (C=S) groups is 1. The number of hydrogen-bond acceptors (Lipinski definition) is 2. The Bertz CT molecular complexity index is 650. The van der Waals surface area contributed by atoms with Crippen molar-refractivity contribution in [3.8, 4) is 0 Å². The second kappa shape index (κ2) is 8.83. The van der Waals surface area contributed by atoms with E-state index in [1.54, 1.807) is 0 Å². The fourth-order valence-corrected chi connectivity index (χ4v) is 6.44. The van der Waals surface area contributed by atoms with E-state index in [2.05, 4.69) is 51.1 Å². The highest BCUT2D eigenvalue weighted by Crippen LogP contribution is 2.59. The normalized spacial score (nSPS) is 38.2. The summed E-state index contributed by atoms with van der Waals surface area (Å²) in [4.78, 5) is 0.717. The molecule has 0 amide bonds. The van der Waals surface area contributed by atoms with Crippen LogP contribution in [0.25, 0.3) is 0 Å². The molecular formula is C25H40N2S. The maximum absolute atomic E-state index is 6.15. The zero-order valence-electron chi connectivity index (χ0n) is 18.1. The topological polar surface area (TPSA) is 52.0 Å². The first-order valence-corrected chi connectivity index (χ1v) is 11.8. The van der Waals surface area contributed by atoms with Gasteiger partial charge in [-0.3, -0.25) is 0 Å². The van der Waals surface area contributed by atoms with Crippen molar-refractivity contribution in [2.45, 2.75) is 90.0 Å². The lowest BCUT2D eigenvalue weighted by molar-refractivity contribution is 0.0120. The predicted octanol–water partition coefficient (Wildman–Crippen LogP) is 5.97. The highest BCUT2D eigenvalue weighted by Gasteiger charge is 2.53. The monoisotopic (exact) mass is 400 g/mol. The summed E-state index contributed by atoms with van der Waals surface area (Å²) in [5, 5.41) is 0. The first-order chi connectivity index (χ1) is 13.3. The van der Waals surface area contributed by atoms with Crippen LogP contribution in [0.4, 0.5) is 0 Å². The van der Waals surface area contributed by atoms with E-state index in [9.17, 15) is 0 Å². The Balaban J connectivity index is 0.000000271. The summed E-state index contributed by atoms with van der Waals surface area (Å²) in [5.41, 5.74) is 13.6. The van der Waals surface area contributed by atoms with Gasteiger partial charge in [0.15, 0.2) is 0 Å². The van der Waals surface area contributed by atoms with Gasteiger partial charge in [0.25, 0.3) is 0 Å². The van der Waals surface area contributed by atoms with E-state index >= 15 is 0 Å². The van der Waals surface area contributed by atoms with E-state index in [-0.39, 0.29) is 10.8 Å². The van der Waals surface area contributed by atoms with Gasteiger partial charge < -0.3 is 11.5 Å². The van der Waals surface area contributed by atoms with Crippen molar-refractivity contribution in [1.82, 2.24) is 0 Å². The fourth-order valence-electron chi connectivity index (χ4n) is 6.29. The lowest BCUT2D eigenvalue weighted by Gasteiger charge is -2.57. The molecule has 3 fully saturated rings. The van der Waals surface area contributed by atoms with Crippen molar-refractivity contribution in [2.75, 3.05) is 0 Å². The quantitative estimate of drug-likeness (QED) is 0.601. The molecule has 0 heterocycles. The molecule has 0 spiro atoms. The molecule has 28 heavy (non-hydrogen) atoms. The molecule has 1 aromatic rings. The molecule has 2 nitrogen and oxygen atoms in total. The van der Waals surface area contributed by atoms with E-state index in [4.69, 9.17) is 23.7 Å². The number of rotatable bonds is 2. The van der Waals surface area contributed by atoms with Crippen molar-refractivity contribution in [3.63, 3.8) is 0 Å². The first-order valence-electron chi connectivity index (χ1n) is 11.4. The van der Waals surface area contributed by atoms with Gasteiger partial charge in [-0.2, -0.15) is 0 Å². The second-order valence-electron chi connectivity index (χ2n) is 10.4. The third-order valence-corrected chi connectivity index (χ3v) is 8.57. The van der Waals surface area contributed by atoms with Gasteiger partial charge in [0.2, 0.25) is 0 Å². The first kappa shape index (κ1) is 21.8. The van der Waals surface area contributed by atoms with E-state index in [1.165, 1.54) is 56.9 Å². The molecule has 5 unspecified atom stereocenters. The summed E-state index contributed by atoms with van der Waals surface area (Å²) in [6.45, 7) is 7.15. The summed E-state index contributed by atoms with van der Waals surface area (Å²) >= 11 is 5.45. The van der Waals surface area contributed by atoms with Crippen molar-refractivity contribution in [2.24, 2.45) is 34.6 Å². The largest absolute Gasteiger partial charge is 0.393 e. The maximum Gasteiger partial charge on any atom is 0.0787 e. The molecule has 3 aliphatic carbocycles. The SMILES string of the molecule is CC1CC2(c3ccccc3)CC(CC(C)(C(N)=S)C2)C1C.NC1CCCCC1. The number of benzene rings is 1. The zero-order chi connectivity index (χ0) is 20.4. The molecule has 4 N–H and O–H groups in total. The molecule has 0 aromatic heterocycles. The van der Waals surface area contributed by atoms with Crippen LogP contribution in [0.3, 0.4) is 0 Å². The second-order valence-corrected chi connectivity index (χ2v) is 10.8. The third-order valence-electron chi connectivity index (χ3n) is 8.08. The Morgan fingerprint density at radius 2 is 1.64 bits per heavy atom. The minimum absolute atomic E-state index is 0.0164. The van der Waals surface area contributed by atoms with Gasteiger partial charge in [0.05, 0.1) is 4.99 Å². The van der Waals surface area contributed by atoms with Crippen LogP contribution < -0.4 is 11.5 Å². The minimum Gasteiger partial charge on any atom is -0.393 e. The molecule has 3 aliphatic rings. The van der Waals surface area contributed by atoms with E-state index < -0.39 is 0 Å². The highest BCUT2D eigenvalue weighted by molar-refractivity contribution is 7.80. The Labute approximate surface area is 177 Å². The van der Waals surface area contributed by atoms with Gasteiger partial charge in [-0.05, 0) is 67.3 Å². The van der Waals surface area contributed by atoms with Gasteiger partial charge in [-0.15, -0.1) is 0 Å². The molecule has 5 atom stereocenters. The van der Waals surface area contributed by atoms with Crippen LogP contribution in [0.2, 0.25) is 0 Å². The average molecular weight is 401 g/mol. The molecule has 156 valence electrons. The fraction of sp³-hybridized carbons (Fsp3) is 0.720. The van der Waals surface area contributed by atoms with Crippen LogP contribution in [0.5, 0.6) is 0 Å². The van der Waals surface area contributed by atoms with Crippen LogP contribution in [0.1, 0.15) is 84.1 Å². The number of fused-ring (bicyclic) bond motifs is 2. The van der Waals surface area contributed by atoms with E-state index in [0.29, 0.717) is 11.0 Å². The van der Waals surface area contributed by atoms with Crippen molar-refractivity contribution < 1.29 is 0 Å². The standard InChI is InChI=1S/C19H27NS.C6H13N/c1-13-9-19(16-7-5-4-6-8-16)11-15(14(13)2)10-18(3,12-19)17(20)21;7-6-4-2-1-3-5-6/h4-8,13-15H,9-12H2,1-3H3,(H2,20,21);6H,1-5,7H2. The van der Waals surface area contributed by atoms with Crippen LogP contribution in [-0.2, 0) is 5.41 Å². The molecule has 0 radical (unpaired) electrons. The van der Waals surface area contributed by atoms with E-state index in [0.717, 1.165) is 24.2 Å². The van der Waals surface area contributed by atoms with Crippen LogP contribution in [0.15, 0.2) is 30.3 Å².